The van der Waals surface area contributed by atoms with E-state index in [0.29, 0.717) is 27.6 Å². The van der Waals surface area contributed by atoms with Crippen LogP contribution < -0.4 is 4.74 Å². The summed E-state index contributed by atoms with van der Waals surface area (Å²) >= 11 is -1.36. The molecule has 0 aromatic heterocycles. The highest BCUT2D eigenvalue weighted by Crippen LogP contribution is 2.26. The van der Waals surface area contributed by atoms with E-state index in [1.54, 1.807) is 67.6 Å². The highest BCUT2D eigenvalue weighted by Gasteiger charge is 2.20. The van der Waals surface area contributed by atoms with E-state index in [1.807, 2.05) is 0 Å². The molecule has 0 saturated heterocycles. The number of carbonyl (C=O) groups is 1. The number of rotatable bonds is 12. The number of hydrogen-bond donors (Lipinski definition) is 1. The maximum atomic E-state index is 12.8. The van der Waals surface area contributed by atoms with E-state index in [0.717, 1.165) is 25.7 Å². The van der Waals surface area contributed by atoms with Gasteiger partial charge in [-0.15, -0.1) is 5.11 Å². The molecule has 0 aliphatic heterocycles. The van der Waals surface area contributed by atoms with Crippen LogP contribution in [0.4, 0.5) is 5.69 Å². The lowest BCUT2D eigenvalue weighted by atomic mass is 10.1. The maximum absolute atomic E-state index is 12.8. The third-order valence-electron chi connectivity index (χ3n) is 4.30. The molecule has 0 saturated carbocycles. The lowest BCUT2D eigenvalue weighted by Crippen LogP contribution is -2.26. The molecule has 30 heavy (non-hydrogen) atoms. The highest BCUT2D eigenvalue weighted by molar-refractivity contribution is 7.91. The van der Waals surface area contributed by atoms with Crippen molar-refractivity contribution >= 4 is 22.8 Å². The molecule has 0 spiro atoms. The van der Waals surface area contributed by atoms with Gasteiger partial charge in [0.1, 0.15) is 5.75 Å². The van der Waals surface area contributed by atoms with Gasteiger partial charge in [-0.05, 0) is 61.4 Å². The van der Waals surface area contributed by atoms with Crippen molar-refractivity contribution in [2.75, 3.05) is 14.1 Å². The Balaban J connectivity index is 1.99. The average molecular weight is 432 g/mol. The van der Waals surface area contributed by atoms with Crippen molar-refractivity contribution in [1.29, 1.82) is 0 Å². The van der Waals surface area contributed by atoms with Crippen LogP contribution in [0.2, 0.25) is 0 Å². The molecule has 1 N–H and O–H groups in total. The molecule has 2 atom stereocenters. The summed E-state index contributed by atoms with van der Waals surface area (Å²) in [5, 5.41) is 19.0. The third-order valence-corrected chi connectivity index (χ3v) is 5.70. The Hall–Kier alpha value is -2.58. The van der Waals surface area contributed by atoms with Gasteiger partial charge < -0.3 is 14.4 Å². The van der Waals surface area contributed by atoms with Crippen LogP contribution in [-0.2, 0) is 16.0 Å². The number of unbranched alkanes of at least 4 members (excludes halogenated alkanes) is 3. The number of ether oxygens (including phenoxy) is 1. The van der Waals surface area contributed by atoms with E-state index in [9.17, 15) is 14.5 Å². The van der Waals surface area contributed by atoms with E-state index in [2.05, 4.69) is 17.3 Å². The summed E-state index contributed by atoms with van der Waals surface area (Å²) < 4.78 is 18.4. The van der Waals surface area contributed by atoms with Crippen LogP contribution in [0.25, 0.3) is 0 Å². The van der Waals surface area contributed by atoms with Crippen molar-refractivity contribution in [2.24, 2.45) is 10.3 Å². The molecule has 162 valence electrons. The van der Waals surface area contributed by atoms with Crippen LogP contribution in [-0.4, -0.2) is 40.8 Å². The topological polar surface area (TPSA) is 97.5 Å². The Labute approximate surface area is 180 Å². The summed E-state index contributed by atoms with van der Waals surface area (Å²) in [7, 11) is 3.57. The van der Waals surface area contributed by atoms with Crippen LogP contribution in [0.3, 0.4) is 0 Å². The Morgan fingerprint density at radius 3 is 2.20 bits per heavy atom. The molecular weight excluding hydrogens is 402 g/mol. The summed E-state index contributed by atoms with van der Waals surface area (Å²) in [6.45, 7) is 2.11. The Bertz CT molecular complexity index is 810. The maximum Gasteiger partial charge on any atom is 0.344 e. The zero-order valence-electron chi connectivity index (χ0n) is 17.7. The quantitative estimate of drug-likeness (QED) is 0.215. The molecule has 0 bridgehead atoms. The summed E-state index contributed by atoms with van der Waals surface area (Å²) in [6, 6.07) is 13.7. The van der Waals surface area contributed by atoms with Crippen molar-refractivity contribution in [1.82, 2.24) is 5.01 Å². The molecule has 8 heteroatoms. The SMILES string of the molecule is CCCCCCC(Oc1ccc([S+]([O-])c2ccc(N=NN(C)C)cc2)cc1)C(=O)O. The second kappa shape index (κ2) is 12.2. The molecule has 0 aliphatic rings. The van der Waals surface area contributed by atoms with Crippen LogP contribution >= 0.6 is 0 Å². The predicted molar refractivity (Wildman–Crippen MR) is 117 cm³/mol. The number of hydrogen-bond acceptors (Lipinski definition) is 5. The Morgan fingerprint density at radius 2 is 1.67 bits per heavy atom. The lowest BCUT2D eigenvalue weighted by molar-refractivity contribution is -0.145. The normalized spacial score (nSPS) is 13.2. The molecule has 0 aliphatic carbocycles. The van der Waals surface area contributed by atoms with E-state index < -0.39 is 23.2 Å². The average Bonchev–Trinajstić information content (AvgIpc) is 2.74. The molecule has 0 radical (unpaired) electrons. The zero-order valence-corrected chi connectivity index (χ0v) is 18.5. The fourth-order valence-corrected chi connectivity index (χ4v) is 3.75. The lowest BCUT2D eigenvalue weighted by Gasteiger charge is -2.16. The zero-order chi connectivity index (χ0) is 21.9. The molecule has 0 heterocycles. The first kappa shape index (κ1) is 23.7. The van der Waals surface area contributed by atoms with Gasteiger partial charge in [0, 0.05) is 25.3 Å². The van der Waals surface area contributed by atoms with E-state index in [-0.39, 0.29) is 0 Å². The molecule has 0 fully saturated rings. The van der Waals surface area contributed by atoms with Crippen LogP contribution in [0.15, 0.2) is 68.7 Å². The number of benzene rings is 2. The van der Waals surface area contributed by atoms with Gasteiger partial charge in [-0.25, -0.2) is 4.79 Å². The van der Waals surface area contributed by atoms with Crippen molar-refractivity contribution in [3.8, 4) is 5.75 Å². The fraction of sp³-hybridized carbons (Fsp3) is 0.409. The van der Waals surface area contributed by atoms with E-state index in [1.165, 1.54) is 0 Å². The summed E-state index contributed by atoms with van der Waals surface area (Å²) in [6.07, 6.45) is 3.60. The second-order valence-electron chi connectivity index (χ2n) is 7.06. The molecule has 0 amide bonds. The fourth-order valence-electron chi connectivity index (χ4n) is 2.71. The molecular formula is C22H29N3O4S. The number of carboxylic acid groups (broad SMARTS) is 1. The smallest absolute Gasteiger partial charge is 0.344 e. The number of aliphatic carboxylic acids is 1. The first-order valence-corrected chi connectivity index (χ1v) is 11.2. The molecule has 2 unspecified atom stereocenters. The molecule has 2 aromatic rings. The van der Waals surface area contributed by atoms with Gasteiger partial charge in [-0.3, -0.25) is 5.01 Å². The monoisotopic (exact) mass is 431 g/mol. The highest BCUT2D eigenvalue weighted by atomic mass is 32.2. The first-order valence-electron chi connectivity index (χ1n) is 10.0. The first-order chi connectivity index (χ1) is 14.4. The second-order valence-corrected chi connectivity index (χ2v) is 8.55. The molecule has 2 rings (SSSR count). The van der Waals surface area contributed by atoms with Gasteiger partial charge >= 0.3 is 5.97 Å². The van der Waals surface area contributed by atoms with E-state index >= 15 is 0 Å². The minimum atomic E-state index is -1.36. The minimum absolute atomic E-state index is 0.457. The van der Waals surface area contributed by atoms with Crippen LogP contribution in [0, 0.1) is 0 Å². The summed E-state index contributed by atoms with van der Waals surface area (Å²) in [4.78, 5) is 12.7. The van der Waals surface area contributed by atoms with Crippen LogP contribution in [0.1, 0.15) is 39.0 Å². The van der Waals surface area contributed by atoms with Gasteiger partial charge in [0.2, 0.25) is 0 Å². The summed E-state index contributed by atoms with van der Waals surface area (Å²) in [5.74, 6) is -0.510. The summed E-state index contributed by atoms with van der Waals surface area (Å²) in [5.41, 5.74) is 0.673. The Kier molecular flexibility index (Phi) is 9.63. The standard InChI is InChI=1S/C22H29N3O4S/c1-4-5-6-7-8-21(22(26)27)29-18-11-15-20(16-12-18)30(28)19-13-9-17(10-14-19)23-24-25(2)3/h9-16,21H,4-8H2,1-3H3,(H,26,27). The number of nitrogens with zero attached hydrogens (tertiary/aromatic N) is 3. The van der Waals surface area contributed by atoms with Crippen LogP contribution in [0.5, 0.6) is 5.75 Å². The van der Waals surface area contributed by atoms with Gasteiger partial charge in [-0.2, -0.15) is 0 Å². The van der Waals surface area contributed by atoms with Gasteiger partial charge in [0.05, 0.1) is 5.69 Å². The predicted octanol–water partition coefficient (Wildman–Crippen LogP) is 5.22. The largest absolute Gasteiger partial charge is 0.606 e. The van der Waals surface area contributed by atoms with Gasteiger partial charge in [0.25, 0.3) is 0 Å². The minimum Gasteiger partial charge on any atom is -0.606 e. The van der Waals surface area contributed by atoms with Crippen molar-refractivity contribution in [3.63, 3.8) is 0 Å². The Morgan fingerprint density at radius 1 is 1.07 bits per heavy atom. The third kappa shape index (κ3) is 7.68. The number of carboxylic acids is 1. The van der Waals surface area contributed by atoms with E-state index in [4.69, 9.17) is 4.74 Å². The van der Waals surface area contributed by atoms with Crippen molar-refractivity contribution in [2.45, 2.75) is 54.9 Å². The van der Waals surface area contributed by atoms with Crippen molar-refractivity contribution < 1.29 is 19.2 Å². The molecule has 2 aromatic carbocycles. The van der Waals surface area contributed by atoms with Crippen molar-refractivity contribution in [3.05, 3.63) is 48.5 Å². The van der Waals surface area contributed by atoms with Gasteiger partial charge in [-0.1, -0.05) is 31.4 Å². The molecule has 7 nitrogen and oxygen atoms in total. The van der Waals surface area contributed by atoms with Gasteiger partial charge in [0.15, 0.2) is 15.9 Å².